The second-order valence-corrected chi connectivity index (χ2v) is 11.3. The van der Waals surface area contributed by atoms with E-state index in [1.807, 2.05) is 66.5 Å². The highest BCUT2D eigenvalue weighted by atomic mass is 35.5. The van der Waals surface area contributed by atoms with Crippen LogP contribution in [0, 0.1) is 0 Å². The number of alkyl halides is 3. The zero-order chi connectivity index (χ0) is 29.7. The van der Waals surface area contributed by atoms with Crippen LogP contribution in [0.5, 0.6) is 0 Å². The lowest BCUT2D eigenvalue weighted by atomic mass is 9.94. The number of rotatable bonds is 9. The number of anilines is 1. The molecule has 1 saturated heterocycles. The summed E-state index contributed by atoms with van der Waals surface area (Å²) in [5.41, 5.74) is 2.78. The fraction of sp³-hybridized carbons (Fsp3) is 0.375. The number of hydrogen-bond acceptors (Lipinski definition) is 4. The Morgan fingerprint density at radius 3 is 2.50 bits per heavy atom. The fourth-order valence-electron chi connectivity index (χ4n) is 5.71. The first-order chi connectivity index (χ1) is 20.2. The molecule has 1 aromatic heterocycles. The van der Waals surface area contributed by atoms with Crippen LogP contribution in [0.3, 0.4) is 0 Å². The molecule has 1 fully saturated rings. The molecule has 1 unspecified atom stereocenters. The van der Waals surface area contributed by atoms with E-state index in [1.54, 1.807) is 29.2 Å². The number of carbonyl (C=O) groups excluding carboxylic acids is 1. The highest BCUT2D eigenvalue weighted by Crippen LogP contribution is 2.29. The number of amides is 1. The number of aromatic nitrogens is 2. The summed E-state index contributed by atoms with van der Waals surface area (Å²) in [7, 11) is 1.82. The number of benzene rings is 3. The van der Waals surface area contributed by atoms with E-state index in [0.717, 1.165) is 31.5 Å². The zero-order valence-corrected chi connectivity index (χ0v) is 24.4. The summed E-state index contributed by atoms with van der Waals surface area (Å²) < 4.78 is 41.8. The van der Waals surface area contributed by atoms with Crippen molar-refractivity contribution in [2.45, 2.75) is 31.5 Å². The lowest BCUT2D eigenvalue weighted by Crippen LogP contribution is -2.35. The number of hydrogen-bond donors (Lipinski definition) is 0. The van der Waals surface area contributed by atoms with Crippen LogP contribution < -0.4 is 4.90 Å². The van der Waals surface area contributed by atoms with Crippen LogP contribution in [0.2, 0.25) is 5.02 Å². The van der Waals surface area contributed by atoms with Crippen molar-refractivity contribution in [2.75, 3.05) is 51.2 Å². The van der Waals surface area contributed by atoms with Gasteiger partial charge in [-0.3, -0.25) is 4.79 Å². The number of imidazole rings is 1. The average Bonchev–Trinajstić information content (AvgIpc) is 3.15. The van der Waals surface area contributed by atoms with Crippen molar-refractivity contribution in [3.05, 3.63) is 95.0 Å². The number of halogens is 4. The van der Waals surface area contributed by atoms with Crippen LogP contribution in [0.25, 0.3) is 11.0 Å². The van der Waals surface area contributed by atoms with E-state index in [-0.39, 0.29) is 11.8 Å². The third kappa shape index (κ3) is 7.44. The lowest BCUT2D eigenvalue weighted by Gasteiger charge is -2.28. The van der Waals surface area contributed by atoms with Crippen LogP contribution in [-0.2, 0) is 6.54 Å². The van der Waals surface area contributed by atoms with Gasteiger partial charge in [0, 0.05) is 49.7 Å². The van der Waals surface area contributed by atoms with Crippen molar-refractivity contribution in [1.82, 2.24) is 19.4 Å². The van der Waals surface area contributed by atoms with E-state index in [1.165, 1.54) is 4.57 Å². The maximum Gasteiger partial charge on any atom is 0.406 e. The van der Waals surface area contributed by atoms with Crippen molar-refractivity contribution in [2.24, 2.45) is 0 Å². The summed E-state index contributed by atoms with van der Waals surface area (Å²) in [4.78, 5) is 23.8. The smallest absolute Gasteiger partial charge is 0.341 e. The van der Waals surface area contributed by atoms with Crippen LogP contribution in [-0.4, -0.2) is 77.8 Å². The Labute approximate surface area is 249 Å². The molecule has 0 aliphatic carbocycles. The Hall–Kier alpha value is -3.56. The summed E-state index contributed by atoms with van der Waals surface area (Å²) in [6, 6.07) is 24.0. The standard InChI is InChI=1S/C32H35ClF3N5O/c1-38(30(42)24-9-3-2-4-10-24)22-26(25-11-7-12-27(33)21-25)15-18-39-16-8-17-40(20-19-39)31-37-28-13-5-6-14-29(28)41(31)23-32(34,35)36/h2-7,9-14,21,26H,8,15-20,22-23H2,1H3. The van der Waals surface area contributed by atoms with E-state index in [2.05, 4.69) is 9.88 Å². The van der Waals surface area contributed by atoms with Gasteiger partial charge in [0.1, 0.15) is 6.54 Å². The van der Waals surface area contributed by atoms with Crippen molar-refractivity contribution in [3.8, 4) is 0 Å². The van der Waals surface area contributed by atoms with Crippen molar-refractivity contribution < 1.29 is 18.0 Å². The molecule has 2 heterocycles. The van der Waals surface area contributed by atoms with Crippen LogP contribution >= 0.6 is 11.6 Å². The number of likely N-dealkylation sites (N-methyl/N-ethyl adjacent to an activating group) is 1. The topological polar surface area (TPSA) is 44.6 Å². The van der Waals surface area contributed by atoms with Gasteiger partial charge in [-0.05, 0) is 67.9 Å². The lowest BCUT2D eigenvalue weighted by molar-refractivity contribution is -0.139. The van der Waals surface area contributed by atoms with Crippen molar-refractivity contribution in [1.29, 1.82) is 0 Å². The highest BCUT2D eigenvalue weighted by Gasteiger charge is 2.32. The molecule has 6 nitrogen and oxygen atoms in total. The Balaban J connectivity index is 1.27. The fourth-order valence-corrected chi connectivity index (χ4v) is 5.91. The minimum absolute atomic E-state index is 0.0326. The maximum atomic E-state index is 13.5. The first kappa shape index (κ1) is 29.9. The number of nitrogens with zero attached hydrogens (tertiary/aromatic N) is 5. The molecule has 1 atom stereocenters. The number of para-hydroxylation sites is 2. The van der Waals surface area contributed by atoms with Gasteiger partial charge in [-0.1, -0.05) is 54.1 Å². The van der Waals surface area contributed by atoms with Gasteiger partial charge in [-0.15, -0.1) is 0 Å². The molecule has 1 aliphatic heterocycles. The first-order valence-electron chi connectivity index (χ1n) is 14.2. The summed E-state index contributed by atoms with van der Waals surface area (Å²) >= 11 is 6.34. The Morgan fingerprint density at radius 2 is 1.74 bits per heavy atom. The molecule has 10 heteroatoms. The molecule has 42 heavy (non-hydrogen) atoms. The summed E-state index contributed by atoms with van der Waals surface area (Å²) in [6.07, 6.45) is -2.73. The molecular weight excluding hydrogens is 563 g/mol. The third-order valence-corrected chi connectivity index (χ3v) is 8.05. The van der Waals surface area contributed by atoms with Gasteiger partial charge in [0.15, 0.2) is 0 Å². The van der Waals surface area contributed by atoms with Gasteiger partial charge < -0.3 is 19.3 Å². The van der Waals surface area contributed by atoms with Gasteiger partial charge in [-0.25, -0.2) is 4.98 Å². The predicted molar refractivity (Wildman–Crippen MR) is 161 cm³/mol. The molecule has 0 saturated carbocycles. The van der Waals surface area contributed by atoms with Crippen LogP contribution in [0.4, 0.5) is 19.1 Å². The van der Waals surface area contributed by atoms with E-state index in [4.69, 9.17) is 11.6 Å². The van der Waals surface area contributed by atoms with Gasteiger partial charge in [-0.2, -0.15) is 13.2 Å². The second kappa shape index (κ2) is 13.2. The van der Waals surface area contributed by atoms with E-state index in [9.17, 15) is 18.0 Å². The molecule has 4 aromatic rings. The minimum atomic E-state index is -4.35. The van der Waals surface area contributed by atoms with E-state index < -0.39 is 12.7 Å². The molecule has 1 amide bonds. The zero-order valence-electron chi connectivity index (χ0n) is 23.6. The van der Waals surface area contributed by atoms with Crippen molar-refractivity contribution >= 4 is 34.5 Å². The molecule has 222 valence electrons. The van der Waals surface area contributed by atoms with Gasteiger partial charge in [0.05, 0.1) is 11.0 Å². The molecule has 0 N–H and O–H groups in total. The Morgan fingerprint density at radius 1 is 0.976 bits per heavy atom. The normalized spacial score (nSPS) is 15.5. The Bertz CT molecular complexity index is 1490. The number of carbonyl (C=O) groups is 1. The van der Waals surface area contributed by atoms with Crippen LogP contribution in [0.1, 0.15) is 34.7 Å². The predicted octanol–water partition coefficient (Wildman–Crippen LogP) is 6.71. The molecule has 0 radical (unpaired) electrons. The summed E-state index contributed by atoms with van der Waals surface area (Å²) in [6.45, 7) is 3.00. The maximum absolute atomic E-state index is 13.5. The quantitative estimate of drug-likeness (QED) is 0.215. The summed E-state index contributed by atoms with van der Waals surface area (Å²) in [5, 5.41) is 0.654. The van der Waals surface area contributed by atoms with Gasteiger partial charge in [0.25, 0.3) is 5.91 Å². The van der Waals surface area contributed by atoms with Gasteiger partial charge in [0.2, 0.25) is 5.95 Å². The first-order valence-corrected chi connectivity index (χ1v) is 14.6. The number of fused-ring (bicyclic) bond motifs is 1. The minimum Gasteiger partial charge on any atom is -0.341 e. The molecule has 3 aromatic carbocycles. The SMILES string of the molecule is CN(CC(CCN1CCCN(c2nc3ccccc3n2CC(F)(F)F)CC1)c1cccc(Cl)c1)C(=O)c1ccccc1. The largest absolute Gasteiger partial charge is 0.406 e. The van der Waals surface area contributed by atoms with E-state index in [0.29, 0.717) is 53.7 Å². The second-order valence-electron chi connectivity index (χ2n) is 10.9. The Kier molecular flexibility index (Phi) is 9.38. The molecule has 0 bridgehead atoms. The highest BCUT2D eigenvalue weighted by molar-refractivity contribution is 6.30. The molecule has 5 rings (SSSR count). The summed E-state index contributed by atoms with van der Waals surface area (Å²) in [5.74, 6) is 0.403. The average molecular weight is 598 g/mol. The molecular formula is C32H35ClF3N5O. The van der Waals surface area contributed by atoms with Crippen LogP contribution in [0.15, 0.2) is 78.9 Å². The van der Waals surface area contributed by atoms with Gasteiger partial charge >= 0.3 is 6.18 Å². The monoisotopic (exact) mass is 597 g/mol. The third-order valence-electron chi connectivity index (χ3n) is 7.82. The molecule has 1 aliphatic rings. The van der Waals surface area contributed by atoms with E-state index >= 15 is 0 Å². The van der Waals surface area contributed by atoms with Crippen molar-refractivity contribution in [3.63, 3.8) is 0 Å². The molecule has 0 spiro atoms.